The molecule has 98 valence electrons. The predicted octanol–water partition coefficient (Wildman–Crippen LogP) is 3.51. The average Bonchev–Trinajstić information content (AvgIpc) is 3.13. The number of anilines is 1. The van der Waals surface area contributed by atoms with Crippen LogP contribution >= 0.6 is 11.6 Å². The summed E-state index contributed by atoms with van der Waals surface area (Å²) in [6.07, 6.45) is 5.25. The van der Waals surface area contributed by atoms with Gasteiger partial charge >= 0.3 is 0 Å². The molecule has 1 saturated heterocycles. The fourth-order valence-corrected chi connectivity index (χ4v) is 3.02. The van der Waals surface area contributed by atoms with Crippen LogP contribution in [0.2, 0.25) is 5.02 Å². The van der Waals surface area contributed by atoms with Crippen molar-refractivity contribution in [3.05, 3.63) is 28.8 Å². The molecule has 2 aliphatic rings. The Labute approximate surface area is 117 Å². The van der Waals surface area contributed by atoms with Gasteiger partial charge in [-0.25, -0.2) is 0 Å². The van der Waals surface area contributed by atoms with E-state index in [0.717, 1.165) is 24.4 Å². The topological polar surface area (TPSA) is 44.1 Å². The third-order valence-corrected chi connectivity index (χ3v) is 4.29. The van der Waals surface area contributed by atoms with Crippen molar-refractivity contribution in [2.75, 3.05) is 4.90 Å². The Morgan fingerprint density at radius 3 is 2.79 bits per heavy atom. The SMILES string of the molecule is N#Cc1ccc(N2C(=O)CC[C@@H]2CC2CC2)cc1Cl. The van der Waals surface area contributed by atoms with Gasteiger partial charge in [-0.05, 0) is 37.0 Å². The highest BCUT2D eigenvalue weighted by Crippen LogP contribution is 2.39. The zero-order valence-electron chi connectivity index (χ0n) is 10.6. The summed E-state index contributed by atoms with van der Waals surface area (Å²) >= 11 is 6.06. The van der Waals surface area contributed by atoms with Gasteiger partial charge in [0.15, 0.2) is 0 Å². The van der Waals surface area contributed by atoms with Crippen molar-refractivity contribution in [3.63, 3.8) is 0 Å². The molecule has 0 aromatic heterocycles. The van der Waals surface area contributed by atoms with Gasteiger partial charge in [0.1, 0.15) is 6.07 Å². The first-order valence-corrected chi connectivity index (χ1v) is 7.08. The number of carbonyl (C=O) groups is 1. The lowest BCUT2D eigenvalue weighted by molar-refractivity contribution is -0.117. The first-order valence-electron chi connectivity index (χ1n) is 6.70. The van der Waals surface area contributed by atoms with Gasteiger partial charge in [0, 0.05) is 18.2 Å². The number of benzene rings is 1. The average molecular weight is 275 g/mol. The second-order valence-electron chi connectivity index (χ2n) is 5.41. The molecule has 3 rings (SSSR count). The smallest absolute Gasteiger partial charge is 0.227 e. The molecule has 0 unspecified atom stereocenters. The summed E-state index contributed by atoms with van der Waals surface area (Å²) in [4.78, 5) is 14.0. The molecule has 0 N–H and O–H groups in total. The van der Waals surface area contributed by atoms with Gasteiger partial charge < -0.3 is 4.90 Å². The summed E-state index contributed by atoms with van der Waals surface area (Å²) in [6, 6.07) is 7.61. The van der Waals surface area contributed by atoms with Crippen LogP contribution in [0.25, 0.3) is 0 Å². The van der Waals surface area contributed by atoms with E-state index in [0.29, 0.717) is 23.0 Å². The molecule has 1 atom stereocenters. The molecular weight excluding hydrogens is 260 g/mol. The molecular formula is C15H15ClN2O. The van der Waals surface area contributed by atoms with Crippen LogP contribution in [-0.2, 0) is 4.79 Å². The molecule has 4 heteroatoms. The van der Waals surface area contributed by atoms with Gasteiger partial charge in [-0.15, -0.1) is 0 Å². The zero-order valence-corrected chi connectivity index (χ0v) is 11.4. The van der Waals surface area contributed by atoms with E-state index >= 15 is 0 Å². The number of amides is 1. The maximum Gasteiger partial charge on any atom is 0.227 e. The van der Waals surface area contributed by atoms with Crippen LogP contribution in [0, 0.1) is 17.2 Å². The molecule has 1 heterocycles. The first-order chi connectivity index (χ1) is 9.19. The van der Waals surface area contributed by atoms with E-state index < -0.39 is 0 Å². The summed E-state index contributed by atoms with van der Waals surface area (Å²) in [6.45, 7) is 0. The Morgan fingerprint density at radius 2 is 2.16 bits per heavy atom. The third kappa shape index (κ3) is 2.46. The van der Waals surface area contributed by atoms with Crippen LogP contribution in [0.4, 0.5) is 5.69 Å². The summed E-state index contributed by atoms with van der Waals surface area (Å²) < 4.78 is 0. The molecule has 1 saturated carbocycles. The number of rotatable bonds is 3. The van der Waals surface area contributed by atoms with E-state index in [2.05, 4.69) is 0 Å². The lowest BCUT2D eigenvalue weighted by Gasteiger charge is -2.25. The van der Waals surface area contributed by atoms with Crippen molar-refractivity contribution in [1.29, 1.82) is 5.26 Å². The highest BCUT2D eigenvalue weighted by molar-refractivity contribution is 6.32. The molecule has 2 fully saturated rings. The molecule has 1 aliphatic heterocycles. The maximum absolute atomic E-state index is 12.1. The largest absolute Gasteiger partial charge is 0.309 e. The van der Waals surface area contributed by atoms with Crippen molar-refractivity contribution < 1.29 is 4.79 Å². The van der Waals surface area contributed by atoms with Crippen molar-refractivity contribution in [3.8, 4) is 6.07 Å². The van der Waals surface area contributed by atoms with E-state index in [1.807, 2.05) is 17.0 Å². The first kappa shape index (κ1) is 12.5. The van der Waals surface area contributed by atoms with Crippen LogP contribution < -0.4 is 4.90 Å². The summed E-state index contributed by atoms with van der Waals surface area (Å²) in [5.74, 6) is 0.971. The molecule has 1 aliphatic carbocycles. The van der Waals surface area contributed by atoms with E-state index in [-0.39, 0.29) is 5.91 Å². The molecule has 3 nitrogen and oxygen atoms in total. The summed E-state index contributed by atoms with van der Waals surface area (Å²) in [5, 5.41) is 9.31. The molecule has 0 bridgehead atoms. The van der Waals surface area contributed by atoms with Gasteiger partial charge in [-0.3, -0.25) is 4.79 Å². The van der Waals surface area contributed by atoms with Gasteiger partial charge in [-0.2, -0.15) is 5.26 Å². The van der Waals surface area contributed by atoms with E-state index in [9.17, 15) is 4.79 Å². The van der Waals surface area contributed by atoms with Crippen LogP contribution in [0.3, 0.4) is 0 Å². The van der Waals surface area contributed by atoms with E-state index in [1.165, 1.54) is 12.8 Å². The van der Waals surface area contributed by atoms with Gasteiger partial charge in [0.2, 0.25) is 5.91 Å². The molecule has 1 aromatic carbocycles. The fourth-order valence-electron chi connectivity index (χ4n) is 2.80. The van der Waals surface area contributed by atoms with E-state index in [1.54, 1.807) is 12.1 Å². The number of hydrogen-bond donors (Lipinski definition) is 0. The van der Waals surface area contributed by atoms with Crippen molar-refractivity contribution in [2.45, 2.75) is 38.1 Å². The molecule has 0 spiro atoms. The van der Waals surface area contributed by atoms with Crippen molar-refractivity contribution in [2.24, 2.45) is 5.92 Å². The molecule has 0 radical (unpaired) electrons. The number of hydrogen-bond acceptors (Lipinski definition) is 2. The number of nitriles is 1. The normalized spacial score (nSPS) is 22.6. The van der Waals surface area contributed by atoms with Crippen molar-refractivity contribution >= 4 is 23.2 Å². The molecule has 1 aromatic rings. The van der Waals surface area contributed by atoms with Crippen LogP contribution in [0.15, 0.2) is 18.2 Å². The number of halogens is 1. The number of carbonyl (C=O) groups excluding carboxylic acids is 1. The predicted molar refractivity (Wildman–Crippen MR) is 74.0 cm³/mol. The van der Waals surface area contributed by atoms with Gasteiger partial charge in [0.05, 0.1) is 10.6 Å². The lowest BCUT2D eigenvalue weighted by atomic mass is 10.1. The van der Waals surface area contributed by atoms with Gasteiger partial charge in [0.25, 0.3) is 0 Å². The third-order valence-electron chi connectivity index (χ3n) is 3.98. The monoisotopic (exact) mass is 274 g/mol. The lowest BCUT2D eigenvalue weighted by Crippen LogP contribution is -2.33. The Hall–Kier alpha value is -1.53. The Morgan fingerprint density at radius 1 is 1.37 bits per heavy atom. The standard InChI is InChI=1S/C15H15ClN2O/c16-14-8-13(4-3-11(14)9-17)18-12(5-6-15(18)19)7-10-1-2-10/h3-4,8,10,12H,1-2,5-7H2/t12-/m1/s1. The maximum atomic E-state index is 12.1. The summed E-state index contributed by atoms with van der Waals surface area (Å²) in [5.41, 5.74) is 1.29. The van der Waals surface area contributed by atoms with Crippen LogP contribution in [0.1, 0.15) is 37.7 Å². The Kier molecular flexibility index (Phi) is 3.20. The minimum absolute atomic E-state index is 0.173. The van der Waals surface area contributed by atoms with E-state index in [4.69, 9.17) is 16.9 Å². The molecule has 1 amide bonds. The fraction of sp³-hybridized carbons (Fsp3) is 0.467. The van der Waals surface area contributed by atoms with Crippen molar-refractivity contribution in [1.82, 2.24) is 0 Å². The summed E-state index contributed by atoms with van der Waals surface area (Å²) in [7, 11) is 0. The van der Waals surface area contributed by atoms with Crippen LogP contribution in [-0.4, -0.2) is 11.9 Å². The minimum Gasteiger partial charge on any atom is -0.309 e. The minimum atomic E-state index is 0.173. The molecule has 19 heavy (non-hydrogen) atoms. The highest BCUT2D eigenvalue weighted by Gasteiger charge is 2.36. The highest BCUT2D eigenvalue weighted by atomic mass is 35.5. The zero-order chi connectivity index (χ0) is 13.4. The second kappa shape index (κ2) is 4.86. The second-order valence-corrected chi connectivity index (χ2v) is 5.82. The van der Waals surface area contributed by atoms with Gasteiger partial charge in [-0.1, -0.05) is 24.4 Å². The number of nitrogens with zero attached hydrogens (tertiary/aromatic N) is 2. The van der Waals surface area contributed by atoms with Crippen LogP contribution in [0.5, 0.6) is 0 Å². The Bertz CT molecular complexity index is 560. The Balaban J connectivity index is 1.87. The quantitative estimate of drug-likeness (QED) is 0.847.